The van der Waals surface area contributed by atoms with E-state index < -0.39 is 0 Å². The van der Waals surface area contributed by atoms with Gasteiger partial charge < -0.3 is 19.5 Å². The minimum atomic E-state index is -0.184. The van der Waals surface area contributed by atoms with Crippen LogP contribution in [-0.4, -0.2) is 25.4 Å². The van der Waals surface area contributed by atoms with Crippen molar-refractivity contribution in [2.75, 3.05) is 19.8 Å². The summed E-state index contributed by atoms with van der Waals surface area (Å²) in [4.78, 5) is 0. The molecule has 1 aliphatic heterocycles. The van der Waals surface area contributed by atoms with Gasteiger partial charge >= 0.3 is 0 Å². The van der Waals surface area contributed by atoms with Gasteiger partial charge in [-0.3, -0.25) is 0 Å². The number of fused-ring (bicyclic) bond motifs is 1. The van der Waals surface area contributed by atoms with Crippen LogP contribution in [-0.2, 0) is 0 Å². The first-order valence-electron chi connectivity index (χ1n) is 8.43. The summed E-state index contributed by atoms with van der Waals surface area (Å²) in [5, 5.41) is 3.57. The summed E-state index contributed by atoms with van der Waals surface area (Å²) in [6, 6.07) is 4.38. The zero-order valence-electron chi connectivity index (χ0n) is 14.5. The van der Waals surface area contributed by atoms with Crippen molar-refractivity contribution in [2.45, 2.75) is 59.1 Å². The van der Waals surface area contributed by atoms with Crippen LogP contribution in [0.1, 0.15) is 59.1 Å². The fourth-order valence-corrected chi connectivity index (χ4v) is 2.96. The Labute approximate surface area is 134 Å². The van der Waals surface area contributed by atoms with E-state index in [0.29, 0.717) is 13.2 Å². The topological polar surface area (TPSA) is 39.7 Å². The molecule has 0 saturated heterocycles. The van der Waals surface area contributed by atoms with Crippen molar-refractivity contribution in [3.8, 4) is 17.2 Å². The van der Waals surface area contributed by atoms with Crippen molar-refractivity contribution in [2.24, 2.45) is 0 Å². The molecule has 0 aliphatic carbocycles. The Balaban J connectivity index is 2.51. The number of ether oxygens (including phenoxy) is 3. The van der Waals surface area contributed by atoms with Crippen molar-refractivity contribution in [3.05, 3.63) is 17.7 Å². The van der Waals surface area contributed by atoms with E-state index >= 15 is 0 Å². The van der Waals surface area contributed by atoms with Gasteiger partial charge in [-0.25, -0.2) is 0 Å². The highest BCUT2D eigenvalue weighted by Gasteiger charge is 2.38. The van der Waals surface area contributed by atoms with Gasteiger partial charge in [0.2, 0.25) is 5.75 Å². The fraction of sp³-hybridized carbons (Fsp3) is 0.667. The van der Waals surface area contributed by atoms with Crippen molar-refractivity contribution in [1.29, 1.82) is 0 Å². The van der Waals surface area contributed by atoms with Crippen LogP contribution in [0.15, 0.2) is 12.1 Å². The second kappa shape index (κ2) is 7.23. The highest BCUT2D eigenvalue weighted by Crippen LogP contribution is 2.49. The summed E-state index contributed by atoms with van der Waals surface area (Å²) in [6.45, 7) is 12.6. The largest absolute Gasteiger partial charge is 0.490 e. The SMILES string of the molecule is CCNC1CC(C)(CC)Oc2c1ccc(OCC)c2OCC. The molecule has 0 amide bonds. The highest BCUT2D eigenvalue weighted by molar-refractivity contribution is 5.58. The Bertz CT molecular complexity index is 503. The summed E-state index contributed by atoms with van der Waals surface area (Å²) >= 11 is 0. The van der Waals surface area contributed by atoms with Gasteiger partial charge in [-0.2, -0.15) is 0 Å². The first-order valence-corrected chi connectivity index (χ1v) is 8.43. The maximum atomic E-state index is 6.37. The van der Waals surface area contributed by atoms with Crippen molar-refractivity contribution >= 4 is 0 Å². The molecule has 124 valence electrons. The molecule has 0 spiro atoms. The number of rotatable bonds is 7. The van der Waals surface area contributed by atoms with Crippen LogP contribution in [0, 0.1) is 0 Å². The Morgan fingerprint density at radius 1 is 1.18 bits per heavy atom. The molecule has 2 unspecified atom stereocenters. The monoisotopic (exact) mass is 307 g/mol. The van der Waals surface area contributed by atoms with Gasteiger partial charge in [-0.15, -0.1) is 0 Å². The maximum absolute atomic E-state index is 6.37. The zero-order chi connectivity index (χ0) is 16.2. The first-order chi connectivity index (χ1) is 10.6. The molecule has 0 radical (unpaired) electrons. The number of hydrogen-bond donors (Lipinski definition) is 1. The predicted octanol–water partition coefficient (Wildman–Crippen LogP) is 4.09. The molecule has 2 rings (SSSR count). The molecule has 0 aromatic heterocycles. The summed E-state index contributed by atoms with van der Waals surface area (Å²) in [5.41, 5.74) is 0.982. The zero-order valence-corrected chi connectivity index (χ0v) is 14.5. The molecule has 2 atom stereocenters. The van der Waals surface area contributed by atoms with Crippen LogP contribution in [0.25, 0.3) is 0 Å². The lowest BCUT2D eigenvalue weighted by molar-refractivity contribution is 0.0400. The normalized spacial score (nSPS) is 23.6. The molecule has 1 N–H and O–H groups in total. The summed E-state index contributed by atoms with van der Waals surface area (Å²) in [6.07, 6.45) is 1.92. The summed E-state index contributed by atoms with van der Waals surface area (Å²) in [7, 11) is 0. The molecule has 4 nitrogen and oxygen atoms in total. The maximum Gasteiger partial charge on any atom is 0.203 e. The van der Waals surface area contributed by atoms with E-state index in [0.717, 1.165) is 36.6 Å². The van der Waals surface area contributed by atoms with Crippen molar-refractivity contribution < 1.29 is 14.2 Å². The Morgan fingerprint density at radius 2 is 1.91 bits per heavy atom. The molecule has 4 heteroatoms. The fourth-order valence-electron chi connectivity index (χ4n) is 2.96. The lowest BCUT2D eigenvalue weighted by Crippen LogP contribution is -2.41. The lowest BCUT2D eigenvalue weighted by Gasteiger charge is -2.40. The van der Waals surface area contributed by atoms with Gasteiger partial charge in [0.1, 0.15) is 5.60 Å². The van der Waals surface area contributed by atoms with Crippen LogP contribution < -0.4 is 19.5 Å². The molecule has 1 heterocycles. The molecule has 1 aliphatic rings. The Kier molecular flexibility index (Phi) is 5.57. The lowest BCUT2D eigenvalue weighted by atomic mass is 9.86. The van der Waals surface area contributed by atoms with E-state index in [1.54, 1.807) is 0 Å². The van der Waals surface area contributed by atoms with Gasteiger partial charge in [0.25, 0.3) is 0 Å². The van der Waals surface area contributed by atoms with E-state index in [1.807, 2.05) is 19.9 Å². The van der Waals surface area contributed by atoms with Gasteiger partial charge in [0.05, 0.1) is 13.2 Å². The molecule has 0 saturated carbocycles. The van der Waals surface area contributed by atoms with Crippen LogP contribution in [0.3, 0.4) is 0 Å². The van der Waals surface area contributed by atoms with E-state index in [4.69, 9.17) is 14.2 Å². The average molecular weight is 307 g/mol. The average Bonchev–Trinajstić information content (AvgIpc) is 2.50. The molecule has 1 aromatic carbocycles. The van der Waals surface area contributed by atoms with Gasteiger partial charge in [-0.05, 0) is 45.9 Å². The van der Waals surface area contributed by atoms with Crippen LogP contribution in [0.4, 0.5) is 0 Å². The number of hydrogen-bond acceptors (Lipinski definition) is 4. The first kappa shape index (κ1) is 16.9. The van der Waals surface area contributed by atoms with E-state index in [9.17, 15) is 0 Å². The molecule has 1 aromatic rings. The predicted molar refractivity (Wildman–Crippen MR) is 89.1 cm³/mol. The highest BCUT2D eigenvalue weighted by atomic mass is 16.6. The smallest absolute Gasteiger partial charge is 0.203 e. The standard InChI is InChI=1S/C18H29NO3/c1-6-18(5)12-14(19-7-2)13-10-11-15(20-8-3)17(21-9-4)16(13)22-18/h10-11,14,19H,6-9,12H2,1-5H3. The van der Waals surface area contributed by atoms with E-state index in [-0.39, 0.29) is 11.6 Å². The Hall–Kier alpha value is -1.42. The third kappa shape index (κ3) is 3.32. The molecule has 22 heavy (non-hydrogen) atoms. The molecular formula is C18H29NO3. The number of benzene rings is 1. The third-order valence-electron chi connectivity index (χ3n) is 4.25. The van der Waals surface area contributed by atoms with Gasteiger partial charge in [0, 0.05) is 18.0 Å². The Morgan fingerprint density at radius 3 is 2.50 bits per heavy atom. The van der Waals surface area contributed by atoms with Crippen molar-refractivity contribution in [3.63, 3.8) is 0 Å². The minimum absolute atomic E-state index is 0.184. The second-order valence-electron chi connectivity index (χ2n) is 5.90. The van der Waals surface area contributed by atoms with Crippen LogP contribution in [0.5, 0.6) is 17.2 Å². The minimum Gasteiger partial charge on any atom is -0.490 e. The third-order valence-corrected chi connectivity index (χ3v) is 4.25. The van der Waals surface area contributed by atoms with Gasteiger partial charge in [0.15, 0.2) is 11.5 Å². The number of nitrogens with one attached hydrogen (secondary N) is 1. The van der Waals surface area contributed by atoms with E-state index in [1.165, 1.54) is 5.56 Å². The molecule has 0 bridgehead atoms. The van der Waals surface area contributed by atoms with Gasteiger partial charge in [-0.1, -0.05) is 13.8 Å². The summed E-state index contributed by atoms with van der Waals surface area (Å²) in [5.74, 6) is 2.34. The van der Waals surface area contributed by atoms with Crippen LogP contribution in [0.2, 0.25) is 0 Å². The van der Waals surface area contributed by atoms with Crippen molar-refractivity contribution in [1.82, 2.24) is 5.32 Å². The summed E-state index contributed by atoms with van der Waals surface area (Å²) < 4.78 is 18.0. The quantitative estimate of drug-likeness (QED) is 0.823. The van der Waals surface area contributed by atoms with E-state index in [2.05, 4.69) is 32.2 Å². The molecule has 0 fully saturated rings. The van der Waals surface area contributed by atoms with Crippen LogP contribution >= 0.6 is 0 Å². The second-order valence-corrected chi connectivity index (χ2v) is 5.90. The molecular weight excluding hydrogens is 278 g/mol.